The quantitative estimate of drug-likeness (QED) is 0.243. The van der Waals surface area contributed by atoms with Crippen LogP contribution in [0.2, 0.25) is 0 Å². The predicted molar refractivity (Wildman–Crippen MR) is 116 cm³/mol. The molecule has 2 N–H and O–H groups in total. The molecule has 11 heteroatoms. The molecule has 0 saturated carbocycles. The Balaban J connectivity index is 0.00000392. The van der Waals surface area contributed by atoms with Crippen molar-refractivity contribution in [3.8, 4) is 5.75 Å². The number of sulfonamides is 1. The molecule has 0 aliphatic carbocycles. The molecule has 1 heterocycles. The van der Waals surface area contributed by atoms with E-state index in [0.29, 0.717) is 38.4 Å². The summed E-state index contributed by atoms with van der Waals surface area (Å²) >= 11 is 0. The van der Waals surface area contributed by atoms with Crippen molar-refractivity contribution >= 4 is 40.0 Å². The van der Waals surface area contributed by atoms with Crippen LogP contribution in [0.1, 0.15) is 19.8 Å². The zero-order chi connectivity index (χ0) is 19.9. The van der Waals surface area contributed by atoms with E-state index in [9.17, 15) is 17.2 Å². The van der Waals surface area contributed by atoms with Gasteiger partial charge in [-0.2, -0.15) is 0 Å². The number of ether oxygens (including phenoxy) is 1. The van der Waals surface area contributed by atoms with Gasteiger partial charge in [-0.3, -0.25) is 4.99 Å². The van der Waals surface area contributed by atoms with Gasteiger partial charge in [0, 0.05) is 32.2 Å². The maximum atomic E-state index is 13.1. The highest BCUT2D eigenvalue weighted by Crippen LogP contribution is 2.15. The lowest BCUT2D eigenvalue weighted by molar-refractivity contribution is 0.303. The minimum atomic E-state index is -3.14. The van der Waals surface area contributed by atoms with Gasteiger partial charge in [0.1, 0.15) is 12.4 Å². The van der Waals surface area contributed by atoms with Gasteiger partial charge in [-0.05, 0) is 31.9 Å². The molecule has 28 heavy (non-hydrogen) atoms. The highest BCUT2D eigenvalue weighted by atomic mass is 127. The van der Waals surface area contributed by atoms with Gasteiger partial charge in [0.15, 0.2) is 17.6 Å². The van der Waals surface area contributed by atoms with E-state index in [-0.39, 0.29) is 48.1 Å². The molecular formula is C17H27F2IN4O3S. The monoisotopic (exact) mass is 532 g/mol. The van der Waals surface area contributed by atoms with E-state index >= 15 is 0 Å². The Morgan fingerprint density at radius 1 is 1.29 bits per heavy atom. The highest BCUT2D eigenvalue weighted by Gasteiger charge is 2.26. The average Bonchev–Trinajstić information content (AvgIpc) is 2.67. The van der Waals surface area contributed by atoms with Crippen molar-refractivity contribution in [3.63, 3.8) is 0 Å². The van der Waals surface area contributed by atoms with Crippen LogP contribution in [0, 0.1) is 11.6 Å². The fourth-order valence-corrected chi connectivity index (χ4v) is 3.89. The van der Waals surface area contributed by atoms with Gasteiger partial charge in [-0.1, -0.05) is 0 Å². The zero-order valence-corrected chi connectivity index (χ0v) is 19.1. The Labute approximate surface area is 182 Å². The molecule has 160 valence electrons. The van der Waals surface area contributed by atoms with Crippen LogP contribution in [0.3, 0.4) is 0 Å². The molecule has 0 atom stereocenters. The topological polar surface area (TPSA) is 83.0 Å². The second kappa shape index (κ2) is 11.7. The first kappa shape index (κ1) is 24.8. The maximum Gasteiger partial charge on any atom is 0.213 e. The lowest BCUT2D eigenvalue weighted by Crippen LogP contribution is -2.50. The molecule has 1 aliphatic rings. The van der Waals surface area contributed by atoms with Crippen LogP contribution < -0.4 is 15.4 Å². The second-order valence-electron chi connectivity index (χ2n) is 6.14. The average molecular weight is 532 g/mol. The van der Waals surface area contributed by atoms with E-state index in [4.69, 9.17) is 4.74 Å². The van der Waals surface area contributed by atoms with Gasteiger partial charge in [-0.15, -0.1) is 24.0 Å². The molecule has 1 saturated heterocycles. The highest BCUT2D eigenvalue weighted by molar-refractivity contribution is 14.0. The summed E-state index contributed by atoms with van der Waals surface area (Å²) in [6, 6.07) is 3.51. The molecule has 0 bridgehead atoms. The summed E-state index contributed by atoms with van der Waals surface area (Å²) in [5, 5.41) is 6.34. The van der Waals surface area contributed by atoms with Crippen LogP contribution in [0.5, 0.6) is 5.75 Å². The Kier molecular flexibility index (Phi) is 10.4. The smallest absolute Gasteiger partial charge is 0.213 e. The first-order valence-corrected chi connectivity index (χ1v) is 10.5. The molecule has 0 amide bonds. The van der Waals surface area contributed by atoms with Gasteiger partial charge >= 0.3 is 0 Å². The van der Waals surface area contributed by atoms with E-state index in [0.717, 1.165) is 12.1 Å². The van der Waals surface area contributed by atoms with Crippen molar-refractivity contribution in [1.82, 2.24) is 14.9 Å². The molecule has 1 aromatic carbocycles. The molecule has 0 radical (unpaired) electrons. The van der Waals surface area contributed by atoms with Crippen LogP contribution >= 0.6 is 24.0 Å². The molecule has 1 aliphatic heterocycles. The molecule has 2 rings (SSSR count). The van der Waals surface area contributed by atoms with E-state index in [1.165, 1.54) is 10.4 Å². The van der Waals surface area contributed by atoms with Crippen molar-refractivity contribution in [2.45, 2.75) is 25.8 Å². The van der Waals surface area contributed by atoms with E-state index in [1.807, 2.05) is 0 Å². The number of nitrogens with one attached hydrogen (secondary N) is 2. The standard InChI is InChI=1S/C17H26F2N4O3S.HI/c1-3-27(24,25)23-9-6-13(7-10-23)22-17(20-2)21-8-11-26-14-4-5-15(18)16(19)12-14;/h4-5,12-13H,3,6-11H2,1-2H3,(H2,20,21,22);1H. The Bertz CT molecular complexity index is 757. The minimum Gasteiger partial charge on any atom is -0.492 e. The third-order valence-electron chi connectivity index (χ3n) is 4.33. The molecule has 0 unspecified atom stereocenters. The number of rotatable bonds is 7. The number of nitrogens with zero attached hydrogens (tertiary/aromatic N) is 2. The number of guanidine groups is 1. The fourth-order valence-electron chi connectivity index (χ4n) is 2.75. The lowest BCUT2D eigenvalue weighted by atomic mass is 10.1. The summed E-state index contributed by atoms with van der Waals surface area (Å²) in [5.74, 6) is -0.909. The van der Waals surface area contributed by atoms with E-state index in [1.54, 1.807) is 14.0 Å². The van der Waals surface area contributed by atoms with Crippen LogP contribution in [0.4, 0.5) is 8.78 Å². The Hall–Kier alpha value is -1.21. The number of piperidine rings is 1. The van der Waals surface area contributed by atoms with Gasteiger partial charge in [0.25, 0.3) is 0 Å². The Morgan fingerprint density at radius 3 is 2.54 bits per heavy atom. The molecule has 1 aromatic rings. The van der Waals surface area contributed by atoms with Crippen molar-refractivity contribution in [1.29, 1.82) is 0 Å². The molecule has 0 aromatic heterocycles. The maximum absolute atomic E-state index is 13.1. The molecule has 1 fully saturated rings. The number of benzene rings is 1. The van der Waals surface area contributed by atoms with Crippen LogP contribution in [0.25, 0.3) is 0 Å². The minimum absolute atomic E-state index is 0. The third-order valence-corrected chi connectivity index (χ3v) is 6.21. The third kappa shape index (κ3) is 7.32. The zero-order valence-electron chi connectivity index (χ0n) is 16.0. The second-order valence-corrected chi connectivity index (χ2v) is 8.40. The first-order valence-electron chi connectivity index (χ1n) is 8.88. The first-order chi connectivity index (χ1) is 12.9. The van der Waals surface area contributed by atoms with Crippen molar-refractivity contribution < 1.29 is 21.9 Å². The van der Waals surface area contributed by atoms with Gasteiger partial charge in [-0.25, -0.2) is 21.5 Å². The van der Waals surface area contributed by atoms with E-state index in [2.05, 4.69) is 15.6 Å². The van der Waals surface area contributed by atoms with Crippen molar-refractivity contribution in [2.24, 2.45) is 4.99 Å². The number of hydrogen-bond acceptors (Lipinski definition) is 4. The summed E-state index contributed by atoms with van der Waals surface area (Å²) in [5.41, 5.74) is 0. The summed E-state index contributed by atoms with van der Waals surface area (Å²) in [7, 11) is -1.49. The molecule has 0 spiro atoms. The van der Waals surface area contributed by atoms with Gasteiger partial charge < -0.3 is 15.4 Å². The molecular weight excluding hydrogens is 505 g/mol. The number of hydrogen-bond donors (Lipinski definition) is 2. The fraction of sp³-hybridized carbons (Fsp3) is 0.588. The SMILES string of the molecule is CCS(=O)(=O)N1CCC(NC(=NC)NCCOc2ccc(F)c(F)c2)CC1.I. The van der Waals surface area contributed by atoms with E-state index < -0.39 is 21.7 Å². The largest absolute Gasteiger partial charge is 0.492 e. The summed E-state index contributed by atoms with van der Waals surface area (Å²) < 4.78 is 56.6. The van der Waals surface area contributed by atoms with Gasteiger partial charge in [0.05, 0.1) is 12.3 Å². The summed E-state index contributed by atoms with van der Waals surface area (Å²) in [4.78, 5) is 4.13. The lowest BCUT2D eigenvalue weighted by Gasteiger charge is -2.32. The van der Waals surface area contributed by atoms with Crippen LogP contribution in [0.15, 0.2) is 23.2 Å². The summed E-state index contributed by atoms with van der Waals surface area (Å²) in [6.07, 6.45) is 1.40. The number of aliphatic imine (C=N–C) groups is 1. The van der Waals surface area contributed by atoms with Gasteiger partial charge in [0.2, 0.25) is 10.0 Å². The van der Waals surface area contributed by atoms with Crippen LogP contribution in [-0.2, 0) is 10.0 Å². The predicted octanol–water partition coefficient (Wildman–Crippen LogP) is 1.94. The number of halogens is 3. The van der Waals surface area contributed by atoms with Crippen molar-refractivity contribution in [3.05, 3.63) is 29.8 Å². The van der Waals surface area contributed by atoms with Crippen LogP contribution in [-0.4, -0.2) is 63.8 Å². The van der Waals surface area contributed by atoms with Crippen molar-refractivity contribution in [2.75, 3.05) is 39.0 Å². The Morgan fingerprint density at radius 2 is 1.96 bits per heavy atom. The molecule has 7 nitrogen and oxygen atoms in total. The normalized spacial score (nSPS) is 16.4. The summed E-state index contributed by atoms with van der Waals surface area (Å²) in [6.45, 7) is 3.29.